The van der Waals surface area contributed by atoms with Crippen molar-refractivity contribution in [3.05, 3.63) is 211 Å². The maximum absolute atomic E-state index is 2.54. The number of thiophene rings is 1. The van der Waals surface area contributed by atoms with E-state index in [1.807, 2.05) is 11.3 Å². The van der Waals surface area contributed by atoms with Crippen molar-refractivity contribution in [2.45, 2.75) is 32.6 Å². The highest BCUT2D eigenvalue weighted by Crippen LogP contribution is 2.50. The van der Waals surface area contributed by atoms with Crippen molar-refractivity contribution in [3.63, 3.8) is 0 Å². The molecule has 0 atom stereocenters. The SMILES string of the molecule is CC(C)(C)c1ccc(-c2ccc(N(c3ccc4c(c3)-c3ccccc3C4)c3ccc4ccccc4c3-c3ccc4sc5ccccc5c4c3)c(-c3ccccc3)c2)cc1. The average molecular weight is 774 g/mol. The summed E-state index contributed by atoms with van der Waals surface area (Å²) < 4.78 is 2.63. The summed E-state index contributed by atoms with van der Waals surface area (Å²) in [5.41, 5.74) is 17.5. The van der Waals surface area contributed by atoms with Gasteiger partial charge in [-0.2, -0.15) is 0 Å². The minimum Gasteiger partial charge on any atom is -0.309 e. The van der Waals surface area contributed by atoms with Crippen LogP contribution in [0, 0.1) is 0 Å². The van der Waals surface area contributed by atoms with Gasteiger partial charge in [-0.25, -0.2) is 0 Å². The first kappa shape index (κ1) is 35.4. The highest BCUT2D eigenvalue weighted by molar-refractivity contribution is 7.25. The fourth-order valence-electron chi connectivity index (χ4n) is 9.21. The Labute approximate surface area is 350 Å². The third kappa shape index (κ3) is 6.15. The molecule has 1 heterocycles. The van der Waals surface area contributed by atoms with Gasteiger partial charge < -0.3 is 4.90 Å². The maximum Gasteiger partial charge on any atom is 0.0546 e. The molecule has 0 saturated heterocycles. The lowest BCUT2D eigenvalue weighted by Gasteiger charge is -2.31. The van der Waals surface area contributed by atoms with E-state index in [4.69, 9.17) is 0 Å². The lowest BCUT2D eigenvalue weighted by atomic mass is 9.86. The molecule has 11 rings (SSSR count). The summed E-state index contributed by atoms with van der Waals surface area (Å²) in [4.78, 5) is 2.54. The average Bonchev–Trinajstić information content (AvgIpc) is 3.84. The van der Waals surface area contributed by atoms with E-state index in [9.17, 15) is 0 Å². The third-order valence-corrected chi connectivity index (χ3v) is 13.4. The molecule has 1 aliphatic carbocycles. The molecule has 0 amide bonds. The molecule has 10 aromatic rings. The molecular formula is C57H43NS. The molecule has 0 bridgehead atoms. The topological polar surface area (TPSA) is 3.24 Å². The van der Waals surface area contributed by atoms with E-state index in [-0.39, 0.29) is 5.41 Å². The summed E-state index contributed by atoms with van der Waals surface area (Å²) in [6.07, 6.45) is 0.958. The third-order valence-electron chi connectivity index (χ3n) is 12.3. The van der Waals surface area contributed by atoms with Crippen molar-refractivity contribution < 1.29 is 0 Å². The van der Waals surface area contributed by atoms with Gasteiger partial charge in [-0.15, -0.1) is 11.3 Å². The quantitative estimate of drug-likeness (QED) is 0.163. The maximum atomic E-state index is 2.54. The van der Waals surface area contributed by atoms with E-state index in [1.54, 1.807) is 0 Å². The van der Waals surface area contributed by atoms with Crippen LogP contribution in [0.5, 0.6) is 0 Å². The first-order valence-corrected chi connectivity index (χ1v) is 21.4. The summed E-state index contributed by atoms with van der Waals surface area (Å²) in [7, 11) is 0. The van der Waals surface area contributed by atoms with E-state index >= 15 is 0 Å². The van der Waals surface area contributed by atoms with Crippen LogP contribution in [0.15, 0.2) is 194 Å². The van der Waals surface area contributed by atoms with E-state index in [0.29, 0.717) is 0 Å². The van der Waals surface area contributed by atoms with Gasteiger partial charge in [-0.05, 0) is 121 Å². The van der Waals surface area contributed by atoms with Gasteiger partial charge in [0, 0.05) is 37.0 Å². The molecule has 0 N–H and O–H groups in total. The molecule has 0 spiro atoms. The molecule has 0 aliphatic heterocycles. The highest BCUT2D eigenvalue weighted by atomic mass is 32.1. The molecule has 0 unspecified atom stereocenters. The molecular weight excluding hydrogens is 731 g/mol. The summed E-state index contributed by atoms with van der Waals surface area (Å²) in [6.45, 7) is 6.83. The van der Waals surface area contributed by atoms with Gasteiger partial charge in [0.1, 0.15) is 0 Å². The van der Waals surface area contributed by atoms with Gasteiger partial charge in [0.2, 0.25) is 0 Å². The Morgan fingerprint density at radius 2 is 1.10 bits per heavy atom. The van der Waals surface area contributed by atoms with Gasteiger partial charge >= 0.3 is 0 Å². The lowest BCUT2D eigenvalue weighted by Crippen LogP contribution is -2.13. The number of hydrogen-bond acceptors (Lipinski definition) is 2. The van der Waals surface area contributed by atoms with E-state index in [0.717, 1.165) is 23.5 Å². The van der Waals surface area contributed by atoms with Gasteiger partial charge in [0.05, 0.1) is 11.4 Å². The molecule has 1 aliphatic rings. The van der Waals surface area contributed by atoms with Crippen LogP contribution in [0.25, 0.3) is 75.5 Å². The molecule has 0 fully saturated rings. The van der Waals surface area contributed by atoms with Gasteiger partial charge in [0.25, 0.3) is 0 Å². The van der Waals surface area contributed by atoms with Crippen molar-refractivity contribution in [2.75, 3.05) is 4.90 Å². The van der Waals surface area contributed by atoms with Crippen LogP contribution in [-0.2, 0) is 11.8 Å². The van der Waals surface area contributed by atoms with E-state index in [2.05, 4.69) is 220 Å². The minimum absolute atomic E-state index is 0.0904. The number of fused-ring (bicyclic) bond motifs is 7. The van der Waals surface area contributed by atoms with Gasteiger partial charge in [0.15, 0.2) is 0 Å². The van der Waals surface area contributed by atoms with Crippen molar-refractivity contribution in [3.8, 4) is 44.5 Å². The normalized spacial score (nSPS) is 12.3. The fraction of sp³-hybridized carbons (Fsp3) is 0.0877. The zero-order valence-electron chi connectivity index (χ0n) is 33.5. The molecule has 9 aromatic carbocycles. The second-order valence-corrected chi connectivity index (χ2v) is 18.0. The van der Waals surface area contributed by atoms with E-state index < -0.39 is 0 Å². The van der Waals surface area contributed by atoms with Crippen LogP contribution in [0.3, 0.4) is 0 Å². The van der Waals surface area contributed by atoms with Crippen molar-refractivity contribution in [1.29, 1.82) is 0 Å². The lowest BCUT2D eigenvalue weighted by molar-refractivity contribution is 0.590. The van der Waals surface area contributed by atoms with Crippen LogP contribution < -0.4 is 4.90 Å². The molecule has 2 heteroatoms. The first-order chi connectivity index (χ1) is 28.9. The molecule has 0 radical (unpaired) electrons. The van der Waals surface area contributed by atoms with Crippen LogP contribution >= 0.6 is 11.3 Å². The molecule has 282 valence electrons. The second-order valence-electron chi connectivity index (χ2n) is 16.9. The molecule has 59 heavy (non-hydrogen) atoms. The fourth-order valence-corrected chi connectivity index (χ4v) is 10.3. The summed E-state index contributed by atoms with van der Waals surface area (Å²) in [5.74, 6) is 0. The minimum atomic E-state index is 0.0904. The van der Waals surface area contributed by atoms with Crippen LogP contribution in [0.4, 0.5) is 17.1 Å². The number of rotatable bonds is 6. The zero-order valence-corrected chi connectivity index (χ0v) is 34.4. The van der Waals surface area contributed by atoms with Crippen molar-refractivity contribution >= 4 is 59.3 Å². The summed E-state index contributed by atoms with van der Waals surface area (Å²) in [6, 6.07) is 72.6. The largest absolute Gasteiger partial charge is 0.309 e. The Morgan fingerprint density at radius 3 is 1.95 bits per heavy atom. The van der Waals surface area contributed by atoms with Crippen LogP contribution in [0.2, 0.25) is 0 Å². The highest BCUT2D eigenvalue weighted by Gasteiger charge is 2.26. The Hall–Kier alpha value is -6.74. The van der Waals surface area contributed by atoms with Crippen molar-refractivity contribution in [1.82, 2.24) is 0 Å². The Morgan fingerprint density at radius 1 is 0.424 bits per heavy atom. The summed E-state index contributed by atoms with van der Waals surface area (Å²) >= 11 is 1.87. The van der Waals surface area contributed by atoms with Crippen molar-refractivity contribution in [2.24, 2.45) is 0 Å². The molecule has 1 aromatic heterocycles. The number of anilines is 3. The van der Waals surface area contributed by atoms with Gasteiger partial charge in [-0.3, -0.25) is 0 Å². The molecule has 0 saturated carbocycles. The standard InChI is InChI=1S/C57H43NS/c1-57(2,3)44-27-21-37(22-28-44)40-25-30-52(50(34-40)38-13-5-4-6-14-38)58(45-29-23-42-33-41-16-8-9-17-46(41)49(42)36-45)53-31-24-39-15-7-10-18-47(39)56(53)43-26-32-55-51(35-43)48-19-11-12-20-54(48)59-55/h4-32,34-36H,33H2,1-3H3. The van der Waals surface area contributed by atoms with Crippen LogP contribution in [-0.4, -0.2) is 0 Å². The number of hydrogen-bond donors (Lipinski definition) is 0. The molecule has 1 nitrogen and oxygen atoms in total. The Balaban J connectivity index is 1.19. The first-order valence-electron chi connectivity index (χ1n) is 20.6. The van der Waals surface area contributed by atoms with E-state index in [1.165, 1.54) is 92.1 Å². The predicted octanol–water partition coefficient (Wildman–Crippen LogP) is 16.5. The second kappa shape index (κ2) is 14.0. The Bertz CT molecular complexity index is 3220. The number of benzene rings is 9. The Kier molecular flexibility index (Phi) is 8.39. The van der Waals surface area contributed by atoms with Crippen LogP contribution in [0.1, 0.15) is 37.5 Å². The monoisotopic (exact) mass is 773 g/mol. The number of nitrogens with zero attached hydrogens (tertiary/aromatic N) is 1. The van der Waals surface area contributed by atoms with Gasteiger partial charge in [-0.1, -0.05) is 166 Å². The smallest absolute Gasteiger partial charge is 0.0546 e. The predicted molar refractivity (Wildman–Crippen MR) is 255 cm³/mol. The summed E-state index contributed by atoms with van der Waals surface area (Å²) in [5, 5.41) is 5.07. The zero-order chi connectivity index (χ0) is 39.7.